The lowest BCUT2D eigenvalue weighted by atomic mass is 10.1. The summed E-state index contributed by atoms with van der Waals surface area (Å²) in [5.41, 5.74) is 7.05. The third-order valence-electron chi connectivity index (χ3n) is 5.02. The van der Waals surface area contributed by atoms with Crippen molar-refractivity contribution in [1.82, 2.24) is 20.2 Å². The second kappa shape index (κ2) is 11.0. The van der Waals surface area contributed by atoms with Gasteiger partial charge in [-0.3, -0.25) is 5.43 Å². The van der Waals surface area contributed by atoms with Crippen molar-refractivity contribution in [3.8, 4) is 22.8 Å². The van der Waals surface area contributed by atoms with Gasteiger partial charge in [0, 0.05) is 11.3 Å². The number of benzene rings is 3. The van der Waals surface area contributed by atoms with E-state index in [0.717, 1.165) is 28.8 Å². The monoisotopic (exact) mass is 510 g/mol. The number of para-hydroxylation sites is 1. The Morgan fingerprint density at radius 1 is 1.06 bits per heavy atom. The first-order valence-corrected chi connectivity index (χ1v) is 11.3. The normalized spacial score (nSPS) is 11.4. The van der Waals surface area contributed by atoms with Gasteiger partial charge < -0.3 is 10.1 Å². The molecule has 4 aromatic rings. The van der Waals surface area contributed by atoms with Crippen LogP contribution in [0.3, 0.4) is 0 Å². The van der Waals surface area contributed by atoms with E-state index < -0.39 is 6.36 Å². The van der Waals surface area contributed by atoms with Crippen LogP contribution in [0.5, 0.6) is 5.75 Å². The Labute approximate surface area is 210 Å². The lowest BCUT2D eigenvalue weighted by Gasteiger charge is -2.10. The first kappa shape index (κ1) is 24.9. The minimum atomic E-state index is -4.74. The van der Waals surface area contributed by atoms with Crippen LogP contribution in [0, 0.1) is 0 Å². The molecule has 0 amide bonds. The van der Waals surface area contributed by atoms with Gasteiger partial charge in [-0.15, -0.1) is 18.3 Å². The van der Waals surface area contributed by atoms with E-state index in [-0.39, 0.29) is 5.75 Å². The Morgan fingerprint density at radius 3 is 2.47 bits per heavy atom. The van der Waals surface area contributed by atoms with E-state index in [1.165, 1.54) is 35.3 Å². The molecule has 184 valence electrons. The van der Waals surface area contributed by atoms with Crippen molar-refractivity contribution in [2.24, 2.45) is 5.10 Å². The first-order valence-electron chi connectivity index (χ1n) is 10.9. The maximum atomic E-state index is 12.3. The number of thiocarbonyl (C=S) groups is 1. The number of alkyl halides is 3. The third kappa shape index (κ3) is 6.66. The second-order valence-corrected chi connectivity index (χ2v) is 7.92. The average Bonchev–Trinajstić information content (AvgIpc) is 3.35. The minimum absolute atomic E-state index is 0.305. The van der Waals surface area contributed by atoms with Crippen LogP contribution in [0.15, 0.2) is 84.2 Å². The molecule has 0 spiro atoms. The van der Waals surface area contributed by atoms with Crippen molar-refractivity contribution in [2.45, 2.75) is 19.7 Å². The number of aryl methyl sites for hydroxylation is 1. The second-order valence-electron chi connectivity index (χ2n) is 7.51. The number of nitrogens with zero attached hydrogens (tertiary/aromatic N) is 4. The fraction of sp³-hybridized carbons (Fsp3) is 0.120. The number of hydrogen-bond donors (Lipinski definition) is 2. The van der Waals surface area contributed by atoms with Crippen LogP contribution in [-0.4, -0.2) is 32.5 Å². The number of nitrogens with one attached hydrogen (secondary N) is 2. The molecule has 0 aliphatic rings. The van der Waals surface area contributed by atoms with Gasteiger partial charge in [0.2, 0.25) is 0 Å². The molecule has 0 aliphatic heterocycles. The van der Waals surface area contributed by atoms with Crippen molar-refractivity contribution in [3.05, 3.63) is 90.3 Å². The number of hydrogen-bond acceptors (Lipinski definition) is 5. The van der Waals surface area contributed by atoms with Crippen LogP contribution in [0.1, 0.15) is 18.1 Å². The fourth-order valence-corrected chi connectivity index (χ4v) is 3.47. The van der Waals surface area contributed by atoms with Gasteiger partial charge >= 0.3 is 6.36 Å². The summed E-state index contributed by atoms with van der Waals surface area (Å²) in [6.07, 6.45) is -0.727. The highest BCUT2D eigenvalue weighted by molar-refractivity contribution is 7.80. The molecule has 1 aromatic heterocycles. The van der Waals surface area contributed by atoms with Gasteiger partial charge in [-0.25, -0.2) is 9.67 Å². The summed E-state index contributed by atoms with van der Waals surface area (Å²) >= 11 is 5.30. The van der Waals surface area contributed by atoms with E-state index in [1.807, 2.05) is 48.5 Å². The van der Waals surface area contributed by atoms with E-state index in [0.29, 0.717) is 16.6 Å². The average molecular weight is 511 g/mol. The van der Waals surface area contributed by atoms with Crippen molar-refractivity contribution in [3.63, 3.8) is 0 Å². The highest BCUT2D eigenvalue weighted by atomic mass is 32.1. The number of ether oxygens (including phenoxy) is 1. The minimum Gasteiger partial charge on any atom is -0.406 e. The topological polar surface area (TPSA) is 76.4 Å². The maximum absolute atomic E-state index is 12.3. The standard InChI is InChI=1S/C25H21F3N6OS/c1-2-18-5-3-4-6-22(18)31-24(36)32-30-15-17-7-9-19(10-8-17)23-29-16-34(33-23)20-11-13-21(14-12-20)35-25(26,27)28/h3-16H,2H2,1H3,(H2,31,32,36). The van der Waals surface area contributed by atoms with Crippen molar-refractivity contribution in [1.29, 1.82) is 0 Å². The molecule has 0 saturated carbocycles. The van der Waals surface area contributed by atoms with Crippen LogP contribution in [0.25, 0.3) is 17.1 Å². The summed E-state index contributed by atoms with van der Waals surface area (Å²) in [5.74, 6) is 0.160. The molecule has 0 bridgehead atoms. The Bertz CT molecular complexity index is 1350. The van der Waals surface area contributed by atoms with E-state index in [1.54, 1.807) is 6.21 Å². The third-order valence-corrected chi connectivity index (χ3v) is 5.22. The first-order chi connectivity index (χ1) is 17.3. The predicted molar refractivity (Wildman–Crippen MR) is 136 cm³/mol. The molecule has 0 fully saturated rings. The van der Waals surface area contributed by atoms with Gasteiger partial charge in [-0.05, 0) is 60.1 Å². The summed E-state index contributed by atoms with van der Waals surface area (Å²) in [6.45, 7) is 2.08. The Morgan fingerprint density at radius 2 is 1.78 bits per heavy atom. The predicted octanol–water partition coefficient (Wildman–Crippen LogP) is 5.72. The van der Waals surface area contributed by atoms with Gasteiger partial charge in [-0.1, -0.05) is 49.4 Å². The molecule has 1 heterocycles. The van der Waals surface area contributed by atoms with Crippen LogP contribution in [0.4, 0.5) is 18.9 Å². The number of aromatic nitrogens is 3. The molecule has 11 heteroatoms. The molecular formula is C25H21F3N6OS. The summed E-state index contributed by atoms with van der Waals surface area (Å²) in [6, 6.07) is 20.7. The van der Waals surface area contributed by atoms with Crippen LogP contribution in [-0.2, 0) is 6.42 Å². The number of anilines is 1. The molecule has 4 rings (SSSR count). The van der Waals surface area contributed by atoms with E-state index in [4.69, 9.17) is 12.2 Å². The highest BCUT2D eigenvalue weighted by Crippen LogP contribution is 2.24. The molecule has 0 radical (unpaired) electrons. The van der Waals surface area contributed by atoms with Gasteiger partial charge in [0.1, 0.15) is 12.1 Å². The lowest BCUT2D eigenvalue weighted by Crippen LogP contribution is -2.24. The molecule has 0 unspecified atom stereocenters. The Hall–Kier alpha value is -4.25. The number of hydrazone groups is 1. The Balaban J connectivity index is 1.35. The maximum Gasteiger partial charge on any atom is 0.573 e. The zero-order chi connectivity index (χ0) is 25.5. The quantitative estimate of drug-likeness (QED) is 0.188. The van der Waals surface area contributed by atoms with E-state index in [2.05, 4.69) is 37.6 Å². The smallest absolute Gasteiger partial charge is 0.406 e. The van der Waals surface area contributed by atoms with Crippen LogP contribution < -0.4 is 15.5 Å². The largest absolute Gasteiger partial charge is 0.573 e. The molecule has 0 atom stereocenters. The SMILES string of the molecule is CCc1ccccc1NC(=S)NN=Cc1ccc(-c2ncn(-c3ccc(OC(F)(F)F)cc3)n2)cc1. The van der Waals surface area contributed by atoms with Crippen LogP contribution in [0.2, 0.25) is 0 Å². The molecule has 2 N–H and O–H groups in total. The summed E-state index contributed by atoms with van der Waals surface area (Å²) in [5, 5.41) is 12.1. The molecule has 36 heavy (non-hydrogen) atoms. The van der Waals surface area contributed by atoms with Gasteiger partial charge in [0.05, 0.1) is 11.9 Å². The molecule has 0 aliphatic carbocycles. The van der Waals surface area contributed by atoms with Gasteiger partial charge in [0.15, 0.2) is 10.9 Å². The fourth-order valence-electron chi connectivity index (χ4n) is 3.30. The number of halogens is 3. The summed E-state index contributed by atoms with van der Waals surface area (Å²) < 4.78 is 42.3. The Kier molecular flexibility index (Phi) is 7.59. The molecule has 7 nitrogen and oxygen atoms in total. The number of rotatable bonds is 7. The summed E-state index contributed by atoms with van der Waals surface area (Å²) in [4.78, 5) is 4.28. The van der Waals surface area contributed by atoms with Crippen LogP contribution >= 0.6 is 12.2 Å². The van der Waals surface area contributed by atoms with E-state index >= 15 is 0 Å². The van der Waals surface area contributed by atoms with Crippen molar-refractivity contribution in [2.75, 3.05) is 5.32 Å². The van der Waals surface area contributed by atoms with E-state index in [9.17, 15) is 13.2 Å². The highest BCUT2D eigenvalue weighted by Gasteiger charge is 2.31. The molecule has 3 aromatic carbocycles. The summed E-state index contributed by atoms with van der Waals surface area (Å²) in [7, 11) is 0. The van der Waals surface area contributed by atoms with Crippen molar-refractivity contribution < 1.29 is 17.9 Å². The van der Waals surface area contributed by atoms with Gasteiger partial charge in [0.25, 0.3) is 0 Å². The molecular weight excluding hydrogens is 489 g/mol. The van der Waals surface area contributed by atoms with Gasteiger partial charge in [-0.2, -0.15) is 5.10 Å². The lowest BCUT2D eigenvalue weighted by molar-refractivity contribution is -0.274. The zero-order valence-electron chi connectivity index (χ0n) is 19.0. The zero-order valence-corrected chi connectivity index (χ0v) is 19.8. The van der Waals surface area contributed by atoms with Crippen molar-refractivity contribution >= 4 is 29.2 Å². The molecule has 0 saturated heterocycles.